The molecule has 1 aliphatic rings. The summed E-state index contributed by atoms with van der Waals surface area (Å²) in [5.74, 6) is -0.336. The summed E-state index contributed by atoms with van der Waals surface area (Å²) >= 11 is 5.03. The molecule has 3 nitrogen and oxygen atoms in total. The Bertz CT molecular complexity index is 901. The highest BCUT2D eigenvalue weighted by Gasteiger charge is 2.27. The number of hydrogen-bond donors (Lipinski definition) is 0. The Morgan fingerprint density at radius 2 is 1.96 bits per heavy atom. The topological polar surface area (TPSA) is 33.2 Å². The summed E-state index contributed by atoms with van der Waals surface area (Å²) in [5.41, 5.74) is 1.17. The second-order valence-corrected chi connectivity index (χ2v) is 8.19. The number of fused-ring (bicyclic) bond motifs is 1. The van der Waals surface area contributed by atoms with E-state index in [0.29, 0.717) is 23.5 Å². The molecule has 2 aromatic carbocycles. The van der Waals surface area contributed by atoms with Gasteiger partial charge in [-0.2, -0.15) is 0 Å². The van der Waals surface area contributed by atoms with Gasteiger partial charge in [-0.25, -0.2) is 9.37 Å². The van der Waals surface area contributed by atoms with Crippen molar-refractivity contribution < 1.29 is 9.18 Å². The number of piperidine rings is 1. The molecule has 1 amide bonds. The normalized spacial score (nSPS) is 15.7. The van der Waals surface area contributed by atoms with Crippen molar-refractivity contribution >= 4 is 43.4 Å². The first-order valence-corrected chi connectivity index (χ1v) is 9.82. The number of aromatic nitrogens is 1. The van der Waals surface area contributed by atoms with E-state index >= 15 is 0 Å². The zero-order valence-corrected chi connectivity index (χ0v) is 15.8. The summed E-state index contributed by atoms with van der Waals surface area (Å²) in [6, 6.07) is 12.6. The van der Waals surface area contributed by atoms with Crippen LogP contribution in [-0.4, -0.2) is 28.9 Å². The van der Waals surface area contributed by atoms with Crippen LogP contribution in [0.4, 0.5) is 4.39 Å². The number of benzene rings is 2. The van der Waals surface area contributed by atoms with Crippen molar-refractivity contribution in [3.05, 3.63) is 63.3 Å². The summed E-state index contributed by atoms with van der Waals surface area (Å²) in [6.45, 7) is 1.26. The highest BCUT2D eigenvalue weighted by molar-refractivity contribution is 9.10. The molecule has 0 spiro atoms. The number of nitrogens with zero attached hydrogens (tertiary/aromatic N) is 2. The third-order valence-electron chi connectivity index (χ3n) is 4.60. The third kappa shape index (κ3) is 3.33. The molecule has 0 atom stereocenters. The Labute approximate surface area is 157 Å². The van der Waals surface area contributed by atoms with Gasteiger partial charge in [0.05, 0.1) is 20.8 Å². The molecule has 6 heteroatoms. The lowest BCUT2D eigenvalue weighted by molar-refractivity contribution is 0.0708. The van der Waals surface area contributed by atoms with Gasteiger partial charge in [0.2, 0.25) is 0 Å². The number of para-hydroxylation sites is 1. The molecule has 0 N–H and O–H groups in total. The average molecular weight is 419 g/mol. The van der Waals surface area contributed by atoms with E-state index in [-0.39, 0.29) is 11.5 Å². The van der Waals surface area contributed by atoms with Crippen LogP contribution in [0, 0.1) is 5.82 Å². The van der Waals surface area contributed by atoms with Gasteiger partial charge in [-0.05, 0) is 43.2 Å². The van der Waals surface area contributed by atoms with Crippen LogP contribution in [0.3, 0.4) is 0 Å². The van der Waals surface area contributed by atoms with Gasteiger partial charge >= 0.3 is 0 Å². The van der Waals surface area contributed by atoms with Crippen molar-refractivity contribution in [2.45, 2.75) is 18.8 Å². The Kier molecular flexibility index (Phi) is 4.56. The maximum absolute atomic E-state index is 14.0. The van der Waals surface area contributed by atoms with Gasteiger partial charge in [0, 0.05) is 23.5 Å². The maximum Gasteiger partial charge on any atom is 0.256 e. The van der Waals surface area contributed by atoms with Gasteiger partial charge in [0.15, 0.2) is 0 Å². The minimum absolute atomic E-state index is 0.132. The molecule has 0 bridgehead atoms. The molecule has 4 rings (SSSR count). The van der Waals surface area contributed by atoms with Gasteiger partial charge in [-0.1, -0.05) is 28.1 Å². The van der Waals surface area contributed by atoms with Crippen molar-refractivity contribution in [1.82, 2.24) is 9.88 Å². The number of likely N-dealkylation sites (tertiary alicyclic amines) is 1. The molecule has 0 saturated carbocycles. The van der Waals surface area contributed by atoms with Crippen LogP contribution in [0.1, 0.15) is 34.1 Å². The van der Waals surface area contributed by atoms with Crippen LogP contribution in [0.5, 0.6) is 0 Å². The second-order valence-electron chi connectivity index (χ2n) is 6.21. The highest BCUT2D eigenvalue weighted by Crippen LogP contribution is 2.34. The Morgan fingerprint density at radius 1 is 1.20 bits per heavy atom. The lowest BCUT2D eigenvalue weighted by atomic mass is 9.97. The number of halogens is 2. The molecule has 2 heterocycles. The zero-order chi connectivity index (χ0) is 17.4. The molecule has 3 aromatic rings. The van der Waals surface area contributed by atoms with Gasteiger partial charge in [0.1, 0.15) is 5.82 Å². The van der Waals surface area contributed by atoms with Gasteiger partial charge in [-0.3, -0.25) is 4.79 Å². The van der Waals surface area contributed by atoms with Crippen molar-refractivity contribution in [3.8, 4) is 0 Å². The summed E-state index contributed by atoms with van der Waals surface area (Å²) in [7, 11) is 0. The first kappa shape index (κ1) is 16.7. The van der Waals surface area contributed by atoms with Crippen LogP contribution in [0.15, 0.2) is 46.9 Å². The van der Waals surface area contributed by atoms with Crippen LogP contribution in [0.2, 0.25) is 0 Å². The number of thiazole rings is 1. The second kappa shape index (κ2) is 6.84. The quantitative estimate of drug-likeness (QED) is 0.571. The van der Waals surface area contributed by atoms with Crippen molar-refractivity contribution in [2.75, 3.05) is 13.1 Å². The molecule has 1 fully saturated rings. The minimum Gasteiger partial charge on any atom is -0.339 e. The summed E-state index contributed by atoms with van der Waals surface area (Å²) in [6.07, 6.45) is 1.72. The Balaban J connectivity index is 1.47. The van der Waals surface area contributed by atoms with E-state index in [1.165, 1.54) is 10.8 Å². The number of carbonyl (C=O) groups excluding carboxylic acids is 1. The number of carbonyl (C=O) groups is 1. The van der Waals surface area contributed by atoms with E-state index in [1.54, 1.807) is 28.4 Å². The predicted octanol–water partition coefficient (Wildman–Crippen LogP) is 5.22. The first-order valence-electron chi connectivity index (χ1n) is 8.21. The van der Waals surface area contributed by atoms with E-state index in [0.717, 1.165) is 23.4 Å². The third-order valence-corrected chi connectivity index (χ3v) is 6.29. The first-order chi connectivity index (χ1) is 12.1. The standard InChI is InChI=1S/C19H16BrFN2OS/c20-13-5-6-15(21)14(11-13)19(24)23-9-7-12(8-10-23)18-22-16-3-1-2-4-17(16)25-18/h1-6,11-12H,7-10H2. The van der Waals surface area contributed by atoms with Gasteiger partial charge < -0.3 is 4.90 Å². The molecular formula is C19H16BrFN2OS. The van der Waals surface area contributed by atoms with Crippen LogP contribution >= 0.6 is 27.3 Å². The Hall–Kier alpha value is -1.79. The highest BCUT2D eigenvalue weighted by atomic mass is 79.9. The van der Waals surface area contributed by atoms with Crippen LogP contribution in [0.25, 0.3) is 10.2 Å². The summed E-state index contributed by atoms with van der Waals surface area (Å²) in [4.78, 5) is 19.1. The summed E-state index contributed by atoms with van der Waals surface area (Å²) < 4.78 is 15.9. The number of hydrogen-bond acceptors (Lipinski definition) is 3. The zero-order valence-electron chi connectivity index (χ0n) is 13.4. The molecular weight excluding hydrogens is 403 g/mol. The fourth-order valence-corrected chi connectivity index (χ4v) is 4.72. The molecule has 1 saturated heterocycles. The van der Waals surface area contributed by atoms with Gasteiger partial charge in [0.25, 0.3) is 5.91 Å². The van der Waals surface area contributed by atoms with Crippen molar-refractivity contribution in [1.29, 1.82) is 0 Å². The van der Waals surface area contributed by atoms with Crippen LogP contribution in [-0.2, 0) is 0 Å². The SMILES string of the molecule is O=C(c1cc(Br)ccc1F)N1CCC(c2nc3ccccc3s2)CC1. The number of rotatable bonds is 2. The molecule has 128 valence electrons. The molecule has 1 aliphatic heterocycles. The predicted molar refractivity (Wildman–Crippen MR) is 102 cm³/mol. The van der Waals surface area contributed by atoms with E-state index in [4.69, 9.17) is 4.98 Å². The molecule has 0 unspecified atom stereocenters. The molecule has 0 radical (unpaired) electrons. The van der Waals surface area contributed by atoms with Crippen LogP contribution < -0.4 is 0 Å². The molecule has 1 aromatic heterocycles. The smallest absolute Gasteiger partial charge is 0.256 e. The summed E-state index contributed by atoms with van der Waals surface area (Å²) in [5, 5.41) is 1.14. The lowest BCUT2D eigenvalue weighted by Crippen LogP contribution is -2.38. The van der Waals surface area contributed by atoms with Gasteiger partial charge in [-0.15, -0.1) is 11.3 Å². The maximum atomic E-state index is 14.0. The Morgan fingerprint density at radius 3 is 2.72 bits per heavy atom. The molecule has 0 aliphatic carbocycles. The fraction of sp³-hybridized carbons (Fsp3) is 0.263. The van der Waals surface area contributed by atoms with E-state index in [9.17, 15) is 9.18 Å². The van der Waals surface area contributed by atoms with E-state index in [2.05, 4.69) is 22.0 Å². The lowest BCUT2D eigenvalue weighted by Gasteiger charge is -2.31. The largest absolute Gasteiger partial charge is 0.339 e. The van der Waals surface area contributed by atoms with E-state index < -0.39 is 5.82 Å². The minimum atomic E-state index is -0.471. The fourth-order valence-electron chi connectivity index (χ4n) is 3.23. The van der Waals surface area contributed by atoms with Crippen molar-refractivity contribution in [3.63, 3.8) is 0 Å². The number of amides is 1. The molecule has 25 heavy (non-hydrogen) atoms. The average Bonchev–Trinajstić information content (AvgIpc) is 3.07. The monoisotopic (exact) mass is 418 g/mol. The van der Waals surface area contributed by atoms with E-state index in [1.807, 2.05) is 18.2 Å². The van der Waals surface area contributed by atoms with Crippen molar-refractivity contribution in [2.24, 2.45) is 0 Å².